The van der Waals surface area contributed by atoms with Gasteiger partial charge in [0.2, 0.25) is 0 Å². The fourth-order valence-electron chi connectivity index (χ4n) is 2.96. The molecule has 0 spiro atoms. The number of aromatic nitrogens is 1. The molecule has 25 heavy (non-hydrogen) atoms. The lowest BCUT2D eigenvalue weighted by Gasteiger charge is -2.12. The second kappa shape index (κ2) is 6.81. The van der Waals surface area contributed by atoms with E-state index in [1.165, 1.54) is 24.2 Å². The van der Waals surface area contributed by atoms with Crippen molar-refractivity contribution in [2.45, 2.75) is 25.8 Å². The van der Waals surface area contributed by atoms with Crippen LogP contribution in [0.5, 0.6) is 0 Å². The largest absolute Gasteiger partial charge is 0.349 e. The molecule has 0 radical (unpaired) electrons. The first-order valence-corrected chi connectivity index (χ1v) is 9.46. The number of hydrogen-bond donors (Lipinski definition) is 1. The maximum atomic E-state index is 12.9. The molecule has 1 atom stereocenters. The average Bonchev–Trinajstić information content (AvgIpc) is 3.41. The zero-order chi connectivity index (χ0) is 17.2. The number of carbonyl (C=O) groups is 1. The molecule has 1 aliphatic rings. The van der Waals surface area contributed by atoms with Crippen molar-refractivity contribution >= 4 is 17.2 Å². The van der Waals surface area contributed by atoms with Crippen molar-refractivity contribution in [3.63, 3.8) is 0 Å². The Morgan fingerprint density at radius 1 is 1.04 bits per heavy atom. The lowest BCUT2D eigenvalue weighted by Crippen LogP contribution is -2.33. The SMILES string of the molecule is CC(NC(=O)c1sc(-c2ccccc2)nc1-c1ccccc1)C1CC1. The van der Waals surface area contributed by atoms with Crippen LogP contribution in [-0.2, 0) is 0 Å². The second-order valence-electron chi connectivity index (χ2n) is 6.53. The molecule has 126 valence electrons. The molecule has 1 N–H and O–H groups in total. The van der Waals surface area contributed by atoms with Crippen molar-refractivity contribution in [3.8, 4) is 21.8 Å². The number of thiazole rings is 1. The van der Waals surface area contributed by atoms with E-state index in [9.17, 15) is 4.79 Å². The molecule has 1 fully saturated rings. The molecule has 0 bridgehead atoms. The summed E-state index contributed by atoms with van der Waals surface area (Å²) in [5.74, 6) is 0.614. The third-order valence-corrected chi connectivity index (χ3v) is 5.69. The second-order valence-corrected chi connectivity index (χ2v) is 7.53. The Balaban J connectivity index is 1.72. The monoisotopic (exact) mass is 348 g/mol. The predicted molar refractivity (Wildman–Crippen MR) is 103 cm³/mol. The Kier molecular flexibility index (Phi) is 4.36. The molecule has 3 nitrogen and oxygen atoms in total. The highest BCUT2D eigenvalue weighted by Gasteiger charge is 2.30. The van der Waals surface area contributed by atoms with E-state index in [1.54, 1.807) is 0 Å². The van der Waals surface area contributed by atoms with Gasteiger partial charge in [-0.3, -0.25) is 4.79 Å². The summed E-state index contributed by atoms with van der Waals surface area (Å²) in [6.45, 7) is 2.09. The van der Waals surface area contributed by atoms with Gasteiger partial charge in [0.1, 0.15) is 9.88 Å². The normalized spacial score (nSPS) is 14.9. The number of carbonyl (C=O) groups excluding carboxylic acids is 1. The van der Waals surface area contributed by atoms with Gasteiger partial charge in [-0.1, -0.05) is 60.7 Å². The highest BCUT2D eigenvalue weighted by molar-refractivity contribution is 7.17. The summed E-state index contributed by atoms with van der Waals surface area (Å²) in [4.78, 5) is 18.4. The van der Waals surface area contributed by atoms with Crippen molar-refractivity contribution in [1.29, 1.82) is 0 Å². The van der Waals surface area contributed by atoms with Gasteiger partial charge in [0.05, 0.1) is 5.69 Å². The summed E-state index contributed by atoms with van der Waals surface area (Å²) < 4.78 is 0. The topological polar surface area (TPSA) is 42.0 Å². The first-order chi connectivity index (χ1) is 12.2. The van der Waals surface area contributed by atoms with Gasteiger partial charge in [-0.2, -0.15) is 0 Å². The summed E-state index contributed by atoms with van der Waals surface area (Å²) >= 11 is 1.47. The Morgan fingerprint density at radius 2 is 1.64 bits per heavy atom. The summed E-state index contributed by atoms with van der Waals surface area (Å²) in [7, 11) is 0. The Labute approximate surface area is 151 Å². The molecule has 0 saturated heterocycles. The van der Waals surface area contributed by atoms with Crippen molar-refractivity contribution in [2.24, 2.45) is 5.92 Å². The number of nitrogens with one attached hydrogen (secondary N) is 1. The van der Waals surface area contributed by atoms with Crippen LogP contribution in [0.2, 0.25) is 0 Å². The highest BCUT2D eigenvalue weighted by Crippen LogP contribution is 2.35. The van der Waals surface area contributed by atoms with E-state index in [4.69, 9.17) is 4.98 Å². The number of amides is 1. The van der Waals surface area contributed by atoms with E-state index in [0.29, 0.717) is 10.8 Å². The molecule has 1 saturated carbocycles. The predicted octanol–water partition coefficient (Wildman–Crippen LogP) is 5.01. The van der Waals surface area contributed by atoms with Crippen LogP contribution in [-0.4, -0.2) is 16.9 Å². The quantitative estimate of drug-likeness (QED) is 0.704. The number of nitrogens with zero attached hydrogens (tertiary/aromatic N) is 1. The Bertz CT molecular complexity index is 869. The lowest BCUT2D eigenvalue weighted by molar-refractivity contribution is 0.0940. The van der Waals surface area contributed by atoms with Gasteiger partial charge in [0.15, 0.2) is 0 Å². The van der Waals surface area contributed by atoms with E-state index in [-0.39, 0.29) is 11.9 Å². The van der Waals surface area contributed by atoms with Crippen LogP contribution < -0.4 is 5.32 Å². The van der Waals surface area contributed by atoms with E-state index in [2.05, 4.69) is 12.2 Å². The van der Waals surface area contributed by atoms with Gasteiger partial charge >= 0.3 is 0 Å². The molecule has 1 heterocycles. The average molecular weight is 348 g/mol. The van der Waals surface area contributed by atoms with Gasteiger partial charge in [-0.05, 0) is 25.7 Å². The zero-order valence-electron chi connectivity index (χ0n) is 14.1. The summed E-state index contributed by atoms with van der Waals surface area (Å²) in [6, 6.07) is 20.2. The summed E-state index contributed by atoms with van der Waals surface area (Å²) in [5, 5.41) is 4.04. The van der Waals surface area contributed by atoms with Crippen LogP contribution in [0.25, 0.3) is 21.8 Å². The maximum absolute atomic E-state index is 12.9. The van der Waals surface area contributed by atoms with Crippen LogP contribution in [0.3, 0.4) is 0 Å². The van der Waals surface area contributed by atoms with Crippen LogP contribution >= 0.6 is 11.3 Å². The lowest BCUT2D eigenvalue weighted by atomic mass is 10.1. The molecular formula is C21H20N2OS. The zero-order valence-corrected chi connectivity index (χ0v) is 14.9. The maximum Gasteiger partial charge on any atom is 0.263 e. The van der Waals surface area contributed by atoms with Crippen molar-refractivity contribution in [3.05, 3.63) is 65.5 Å². The number of hydrogen-bond acceptors (Lipinski definition) is 3. The molecule has 1 aliphatic carbocycles. The smallest absolute Gasteiger partial charge is 0.263 e. The fraction of sp³-hybridized carbons (Fsp3) is 0.238. The molecule has 4 heteroatoms. The van der Waals surface area contributed by atoms with E-state index < -0.39 is 0 Å². The van der Waals surface area contributed by atoms with Crippen LogP contribution in [0.1, 0.15) is 29.4 Å². The Morgan fingerprint density at radius 3 is 2.24 bits per heavy atom. The van der Waals surface area contributed by atoms with Gasteiger partial charge in [0.25, 0.3) is 5.91 Å². The third-order valence-electron chi connectivity index (χ3n) is 4.59. The Hall–Kier alpha value is -2.46. The van der Waals surface area contributed by atoms with E-state index in [1.807, 2.05) is 60.7 Å². The van der Waals surface area contributed by atoms with Crippen LogP contribution in [0.4, 0.5) is 0 Å². The molecular weight excluding hydrogens is 328 g/mol. The minimum Gasteiger partial charge on any atom is -0.349 e. The van der Waals surface area contributed by atoms with Gasteiger partial charge < -0.3 is 5.32 Å². The highest BCUT2D eigenvalue weighted by atomic mass is 32.1. The van der Waals surface area contributed by atoms with Gasteiger partial charge in [-0.15, -0.1) is 11.3 Å². The number of benzene rings is 2. The first-order valence-electron chi connectivity index (χ1n) is 8.65. The molecule has 2 aromatic carbocycles. The standard InChI is InChI=1S/C21H20N2OS/c1-14(15-12-13-15)22-20(24)19-18(16-8-4-2-5-9-16)23-21(25-19)17-10-6-3-7-11-17/h2-11,14-15H,12-13H2,1H3,(H,22,24). The minimum atomic E-state index is -0.0158. The molecule has 4 rings (SSSR count). The van der Waals surface area contributed by atoms with Gasteiger partial charge in [-0.25, -0.2) is 4.98 Å². The summed E-state index contributed by atoms with van der Waals surface area (Å²) in [6.07, 6.45) is 2.43. The minimum absolute atomic E-state index is 0.0158. The van der Waals surface area contributed by atoms with E-state index in [0.717, 1.165) is 21.8 Å². The van der Waals surface area contributed by atoms with E-state index >= 15 is 0 Å². The molecule has 1 amide bonds. The first kappa shape index (κ1) is 16.0. The molecule has 1 unspecified atom stereocenters. The fourth-order valence-corrected chi connectivity index (χ4v) is 3.95. The third kappa shape index (κ3) is 3.49. The van der Waals surface area contributed by atoms with Crippen molar-refractivity contribution < 1.29 is 4.79 Å². The molecule has 1 aromatic heterocycles. The molecule has 3 aromatic rings. The molecule has 0 aliphatic heterocycles. The van der Waals surface area contributed by atoms with Crippen molar-refractivity contribution in [2.75, 3.05) is 0 Å². The number of rotatable bonds is 5. The van der Waals surface area contributed by atoms with Gasteiger partial charge in [0, 0.05) is 17.2 Å². The van der Waals surface area contributed by atoms with Crippen LogP contribution in [0.15, 0.2) is 60.7 Å². The summed E-state index contributed by atoms with van der Waals surface area (Å²) in [5.41, 5.74) is 2.79. The van der Waals surface area contributed by atoms with Crippen LogP contribution in [0, 0.1) is 5.92 Å². The van der Waals surface area contributed by atoms with Crippen molar-refractivity contribution in [1.82, 2.24) is 10.3 Å².